The summed E-state index contributed by atoms with van der Waals surface area (Å²) in [7, 11) is 0. The number of carboxylic acid groups (broad SMARTS) is 1. The molecule has 0 saturated carbocycles. The van der Waals surface area contributed by atoms with Crippen LogP contribution in [0.15, 0.2) is 24.3 Å². The zero-order valence-corrected chi connectivity index (χ0v) is 10.2. The molecule has 0 aromatic heterocycles. The van der Waals surface area contributed by atoms with Gasteiger partial charge in [-0.3, -0.25) is 9.59 Å². The summed E-state index contributed by atoms with van der Waals surface area (Å²) in [5.74, 6) is -2.25. The molecule has 7 nitrogen and oxygen atoms in total. The van der Waals surface area contributed by atoms with E-state index >= 15 is 0 Å². The molecule has 0 spiro atoms. The molecule has 0 saturated heterocycles. The first kappa shape index (κ1) is 14.7. The van der Waals surface area contributed by atoms with Gasteiger partial charge in [0.25, 0.3) is 5.91 Å². The average molecular weight is 266 g/mol. The van der Waals surface area contributed by atoms with Crippen LogP contribution in [0.1, 0.15) is 17.3 Å². The number of nitrogens with one attached hydrogen (secondary N) is 2. The number of aliphatic hydroxyl groups excluding tert-OH is 1. The van der Waals surface area contributed by atoms with Crippen molar-refractivity contribution in [3.8, 4) is 0 Å². The van der Waals surface area contributed by atoms with Crippen molar-refractivity contribution in [2.75, 3.05) is 11.9 Å². The Labute approximate surface area is 109 Å². The molecule has 1 aromatic carbocycles. The van der Waals surface area contributed by atoms with Gasteiger partial charge in [-0.15, -0.1) is 0 Å². The van der Waals surface area contributed by atoms with E-state index in [1.54, 1.807) is 12.1 Å². The summed E-state index contributed by atoms with van der Waals surface area (Å²) in [4.78, 5) is 33.3. The topological polar surface area (TPSA) is 116 Å². The number of aliphatic hydroxyl groups is 1. The van der Waals surface area contributed by atoms with Gasteiger partial charge in [-0.05, 0) is 18.2 Å². The van der Waals surface area contributed by atoms with Crippen molar-refractivity contribution in [3.05, 3.63) is 29.8 Å². The van der Waals surface area contributed by atoms with Crippen LogP contribution < -0.4 is 10.6 Å². The number of carbonyl (C=O) groups excluding carboxylic acids is 2. The van der Waals surface area contributed by atoms with Gasteiger partial charge >= 0.3 is 5.97 Å². The zero-order chi connectivity index (χ0) is 14.4. The quantitative estimate of drug-likeness (QED) is 0.590. The minimum Gasteiger partial charge on any atom is -0.480 e. The molecule has 0 aliphatic carbocycles. The fraction of sp³-hybridized carbons (Fsp3) is 0.250. The molecule has 7 heteroatoms. The van der Waals surface area contributed by atoms with Crippen LogP contribution in [-0.4, -0.2) is 40.6 Å². The van der Waals surface area contributed by atoms with E-state index in [9.17, 15) is 14.4 Å². The van der Waals surface area contributed by atoms with Crippen LogP contribution in [0, 0.1) is 0 Å². The molecule has 0 aliphatic heterocycles. The maximum absolute atomic E-state index is 11.8. The second-order valence-electron chi connectivity index (χ2n) is 3.81. The van der Waals surface area contributed by atoms with Crippen LogP contribution in [0.4, 0.5) is 5.69 Å². The van der Waals surface area contributed by atoms with Crippen molar-refractivity contribution in [1.82, 2.24) is 5.32 Å². The molecular weight excluding hydrogens is 252 g/mol. The van der Waals surface area contributed by atoms with Crippen molar-refractivity contribution >= 4 is 23.5 Å². The third-order valence-corrected chi connectivity index (χ3v) is 2.23. The minimum absolute atomic E-state index is 0.186. The highest BCUT2D eigenvalue weighted by molar-refractivity contribution is 5.98. The minimum atomic E-state index is -1.36. The van der Waals surface area contributed by atoms with E-state index in [-0.39, 0.29) is 11.5 Å². The van der Waals surface area contributed by atoms with Crippen molar-refractivity contribution < 1.29 is 24.6 Å². The summed E-state index contributed by atoms with van der Waals surface area (Å²) in [6.07, 6.45) is 0. The molecule has 0 heterocycles. The lowest BCUT2D eigenvalue weighted by Crippen LogP contribution is -2.43. The molecule has 19 heavy (non-hydrogen) atoms. The standard InChI is InChI=1S/C12H14N2O5/c1-7(16)13-9-4-2-3-8(5-9)11(17)14-10(6-15)12(18)19/h2-5,10,15H,6H2,1H3,(H,13,16)(H,14,17)(H,18,19)/t10-/m0/s1. The van der Waals surface area contributed by atoms with E-state index in [1.807, 2.05) is 0 Å². The zero-order valence-electron chi connectivity index (χ0n) is 10.2. The predicted molar refractivity (Wildman–Crippen MR) is 66.7 cm³/mol. The van der Waals surface area contributed by atoms with Gasteiger partial charge in [-0.1, -0.05) is 6.07 Å². The fourth-order valence-corrected chi connectivity index (χ4v) is 1.37. The van der Waals surface area contributed by atoms with Gasteiger partial charge in [0.05, 0.1) is 6.61 Å². The summed E-state index contributed by atoms with van der Waals surface area (Å²) < 4.78 is 0. The molecule has 0 aliphatic rings. The number of hydrogen-bond acceptors (Lipinski definition) is 4. The van der Waals surface area contributed by atoms with Crippen molar-refractivity contribution in [2.24, 2.45) is 0 Å². The van der Waals surface area contributed by atoms with E-state index in [0.717, 1.165) is 0 Å². The summed E-state index contributed by atoms with van der Waals surface area (Å²) in [6, 6.07) is 4.66. The Bertz CT molecular complexity index is 501. The molecule has 2 amide bonds. The molecule has 0 fully saturated rings. The second-order valence-corrected chi connectivity index (χ2v) is 3.81. The number of carboxylic acids is 1. The van der Waals surface area contributed by atoms with Gasteiger partial charge in [0.1, 0.15) is 0 Å². The lowest BCUT2D eigenvalue weighted by molar-refractivity contribution is -0.140. The molecule has 0 bridgehead atoms. The van der Waals surface area contributed by atoms with Gasteiger partial charge in [-0.2, -0.15) is 0 Å². The Balaban J connectivity index is 2.82. The van der Waals surface area contributed by atoms with E-state index < -0.39 is 24.5 Å². The van der Waals surface area contributed by atoms with Gasteiger partial charge in [0.2, 0.25) is 5.91 Å². The first-order valence-electron chi connectivity index (χ1n) is 5.46. The van der Waals surface area contributed by atoms with Crippen LogP contribution in [0.5, 0.6) is 0 Å². The largest absolute Gasteiger partial charge is 0.480 e. The van der Waals surface area contributed by atoms with Gasteiger partial charge in [0, 0.05) is 18.2 Å². The van der Waals surface area contributed by atoms with E-state index in [0.29, 0.717) is 5.69 Å². The molecule has 102 valence electrons. The highest BCUT2D eigenvalue weighted by atomic mass is 16.4. The molecular formula is C12H14N2O5. The van der Waals surface area contributed by atoms with Crippen LogP contribution in [-0.2, 0) is 9.59 Å². The number of benzene rings is 1. The Kier molecular flexibility index (Phi) is 5.01. The number of carbonyl (C=O) groups is 3. The van der Waals surface area contributed by atoms with E-state index in [1.165, 1.54) is 19.1 Å². The van der Waals surface area contributed by atoms with Crippen molar-refractivity contribution in [2.45, 2.75) is 13.0 Å². The highest BCUT2D eigenvalue weighted by Crippen LogP contribution is 2.10. The van der Waals surface area contributed by atoms with Gasteiger partial charge in [0.15, 0.2) is 6.04 Å². The van der Waals surface area contributed by atoms with Crippen LogP contribution in [0.25, 0.3) is 0 Å². The van der Waals surface area contributed by atoms with Crippen LogP contribution >= 0.6 is 0 Å². The Morgan fingerprint density at radius 2 is 2.00 bits per heavy atom. The average Bonchev–Trinajstić information content (AvgIpc) is 2.34. The normalized spacial score (nSPS) is 11.5. The van der Waals surface area contributed by atoms with E-state index in [4.69, 9.17) is 10.2 Å². The highest BCUT2D eigenvalue weighted by Gasteiger charge is 2.19. The number of rotatable bonds is 5. The number of hydrogen-bond donors (Lipinski definition) is 4. The first-order valence-corrected chi connectivity index (χ1v) is 5.46. The number of aliphatic carboxylic acids is 1. The van der Waals surface area contributed by atoms with Crippen LogP contribution in [0.3, 0.4) is 0 Å². The smallest absolute Gasteiger partial charge is 0.328 e. The Hall–Kier alpha value is -2.41. The molecule has 1 rings (SSSR count). The van der Waals surface area contributed by atoms with E-state index in [2.05, 4.69) is 10.6 Å². The number of amides is 2. The predicted octanol–water partition coefficient (Wildman–Crippen LogP) is -0.180. The Morgan fingerprint density at radius 3 is 2.53 bits per heavy atom. The Morgan fingerprint density at radius 1 is 1.32 bits per heavy atom. The van der Waals surface area contributed by atoms with Crippen molar-refractivity contribution in [3.63, 3.8) is 0 Å². The third kappa shape index (κ3) is 4.40. The lowest BCUT2D eigenvalue weighted by atomic mass is 10.1. The molecule has 1 atom stereocenters. The van der Waals surface area contributed by atoms with Gasteiger partial charge < -0.3 is 20.8 Å². The summed E-state index contributed by atoms with van der Waals surface area (Å²) >= 11 is 0. The monoisotopic (exact) mass is 266 g/mol. The lowest BCUT2D eigenvalue weighted by Gasteiger charge is -2.12. The SMILES string of the molecule is CC(=O)Nc1cccc(C(=O)N[C@@H](CO)C(=O)O)c1. The van der Waals surface area contributed by atoms with Crippen molar-refractivity contribution in [1.29, 1.82) is 0 Å². The first-order chi connectivity index (χ1) is 8.93. The van der Waals surface area contributed by atoms with Gasteiger partial charge in [-0.25, -0.2) is 4.79 Å². The maximum atomic E-state index is 11.8. The summed E-state index contributed by atoms with van der Waals surface area (Å²) in [5, 5.41) is 22.2. The molecule has 0 radical (unpaired) electrons. The fourth-order valence-electron chi connectivity index (χ4n) is 1.37. The third-order valence-electron chi connectivity index (χ3n) is 2.23. The number of anilines is 1. The summed E-state index contributed by atoms with van der Waals surface area (Å²) in [6.45, 7) is 0.630. The molecule has 1 aromatic rings. The van der Waals surface area contributed by atoms with Crippen LogP contribution in [0.2, 0.25) is 0 Å². The molecule has 4 N–H and O–H groups in total. The molecule has 0 unspecified atom stereocenters. The summed E-state index contributed by atoms with van der Waals surface area (Å²) in [5.41, 5.74) is 0.613. The second kappa shape index (κ2) is 6.50. The maximum Gasteiger partial charge on any atom is 0.328 e.